The summed E-state index contributed by atoms with van der Waals surface area (Å²) in [5, 5.41) is 26.8. The lowest BCUT2D eigenvalue weighted by molar-refractivity contribution is -0.118. The van der Waals surface area contributed by atoms with Crippen LogP contribution in [-0.2, 0) is 4.79 Å². The van der Waals surface area contributed by atoms with Crippen LogP contribution in [0.25, 0.3) is 0 Å². The number of phenols is 2. The number of ketones is 1. The molecular formula is C23H26N2O3. The van der Waals surface area contributed by atoms with Crippen molar-refractivity contribution in [3.8, 4) is 11.5 Å². The molecule has 5 heteroatoms. The summed E-state index contributed by atoms with van der Waals surface area (Å²) in [5.41, 5.74) is 6.46. The molecule has 2 aromatic carbocycles. The maximum absolute atomic E-state index is 13.2. The van der Waals surface area contributed by atoms with E-state index in [1.165, 1.54) is 17.7 Å². The van der Waals surface area contributed by atoms with Crippen LogP contribution in [0.4, 0.5) is 11.4 Å². The molecule has 28 heavy (non-hydrogen) atoms. The van der Waals surface area contributed by atoms with Crippen LogP contribution >= 0.6 is 0 Å². The van der Waals surface area contributed by atoms with Gasteiger partial charge in [0.1, 0.15) is 0 Å². The molecule has 0 saturated carbocycles. The molecule has 1 aliphatic carbocycles. The summed E-state index contributed by atoms with van der Waals surface area (Å²) >= 11 is 0. The third kappa shape index (κ3) is 3.11. The molecule has 0 bridgehead atoms. The standard InChI is InChI=1S/C23H26N2O3/c1-12-7-15-16(8-13(12)2)25-22(14-5-6-18(26)19(27)9-14)21-17(24-15)10-23(3,4)11-20(21)28/h5-9,22,24-27H,10-11H2,1-4H3. The van der Waals surface area contributed by atoms with Crippen LogP contribution in [0.1, 0.15) is 49.4 Å². The summed E-state index contributed by atoms with van der Waals surface area (Å²) < 4.78 is 0. The van der Waals surface area contributed by atoms with Crippen molar-refractivity contribution in [2.45, 2.75) is 46.6 Å². The van der Waals surface area contributed by atoms with Crippen LogP contribution in [0.5, 0.6) is 11.5 Å². The lowest BCUT2D eigenvalue weighted by atomic mass is 9.73. The number of rotatable bonds is 1. The van der Waals surface area contributed by atoms with Gasteiger partial charge in [0.25, 0.3) is 0 Å². The van der Waals surface area contributed by atoms with Gasteiger partial charge in [-0.15, -0.1) is 0 Å². The molecular weight excluding hydrogens is 352 g/mol. The lowest BCUT2D eigenvalue weighted by Crippen LogP contribution is -2.31. The smallest absolute Gasteiger partial charge is 0.163 e. The average Bonchev–Trinajstić information content (AvgIpc) is 2.73. The first-order chi connectivity index (χ1) is 13.1. The maximum atomic E-state index is 13.2. The summed E-state index contributed by atoms with van der Waals surface area (Å²) in [6, 6.07) is 8.52. The number of Topliss-reactive ketones (excluding diaryl/α,β-unsaturated/α-hetero) is 1. The molecule has 0 spiro atoms. The van der Waals surface area contributed by atoms with Gasteiger partial charge in [0, 0.05) is 17.7 Å². The first-order valence-corrected chi connectivity index (χ1v) is 9.57. The van der Waals surface area contributed by atoms with Crippen molar-refractivity contribution in [3.05, 3.63) is 58.3 Å². The highest BCUT2D eigenvalue weighted by Crippen LogP contribution is 2.46. The first kappa shape index (κ1) is 18.4. The molecule has 4 N–H and O–H groups in total. The van der Waals surface area contributed by atoms with Gasteiger partial charge in [0.05, 0.1) is 17.4 Å². The van der Waals surface area contributed by atoms with Crippen molar-refractivity contribution in [2.75, 3.05) is 10.6 Å². The van der Waals surface area contributed by atoms with E-state index in [0.717, 1.165) is 34.6 Å². The van der Waals surface area contributed by atoms with Gasteiger partial charge in [-0.2, -0.15) is 0 Å². The van der Waals surface area contributed by atoms with Gasteiger partial charge in [-0.1, -0.05) is 19.9 Å². The van der Waals surface area contributed by atoms with Crippen molar-refractivity contribution >= 4 is 17.2 Å². The molecule has 1 heterocycles. The Morgan fingerprint density at radius 1 is 0.964 bits per heavy atom. The number of aromatic hydroxyl groups is 2. The zero-order valence-electron chi connectivity index (χ0n) is 16.7. The van der Waals surface area contributed by atoms with Crippen LogP contribution in [0.3, 0.4) is 0 Å². The van der Waals surface area contributed by atoms with E-state index >= 15 is 0 Å². The summed E-state index contributed by atoms with van der Waals surface area (Å²) in [7, 11) is 0. The molecule has 0 aromatic heterocycles. The number of hydrogen-bond acceptors (Lipinski definition) is 5. The predicted molar refractivity (Wildman–Crippen MR) is 111 cm³/mol. The second-order valence-corrected chi connectivity index (χ2v) is 8.77. The van der Waals surface area contributed by atoms with E-state index in [-0.39, 0.29) is 22.7 Å². The first-order valence-electron chi connectivity index (χ1n) is 9.57. The van der Waals surface area contributed by atoms with E-state index in [0.29, 0.717) is 12.0 Å². The largest absolute Gasteiger partial charge is 0.504 e. The fourth-order valence-corrected chi connectivity index (χ4v) is 4.18. The van der Waals surface area contributed by atoms with Crippen molar-refractivity contribution in [1.82, 2.24) is 0 Å². The topological polar surface area (TPSA) is 81.6 Å². The minimum atomic E-state index is -0.402. The third-order valence-corrected chi connectivity index (χ3v) is 5.76. The van der Waals surface area contributed by atoms with Gasteiger partial charge in [0.15, 0.2) is 17.3 Å². The average molecular weight is 378 g/mol. The Bertz CT molecular complexity index is 1020. The monoisotopic (exact) mass is 378 g/mol. The Hall–Kier alpha value is -2.95. The minimum Gasteiger partial charge on any atom is -0.504 e. The number of benzene rings is 2. The molecule has 0 radical (unpaired) electrons. The Morgan fingerprint density at radius 2 is 1.64 bits per heavy atom. The molecule has 2 aliphatic rings. The molecule has 1 unspecified atom stereocenters. The third-order valence-electron chi connectivity index (χ3n) is 5.76. The molecule has 4 rings (SSSR count). The number of hydrogen-bond donors (Lipinski definition) is 4. The van der Waals surface area contributed by atoms with Crippen LogP contribution in [0.2, 0.25) is 0 Å². The van der Waals surface area contributed by atoms with E-state index in [1.807, 2.05) is 0 Å². The number of phenolic OH excluding ortho intramolecular Hbond substituents is 2. The molecule has 0 fully saturated rings. The predicted octanol–water partition coefficient (Wildman–Crippen LogP) is 4.94. The Balaban J connectivity index is 1.91. The SMILES string of the molecule is Cc1cc2c(cc1C)NC(c1ccc(O)c(O)c1)C1=C(CC(C)(C)CC1=O)N2. The Kier molecular flexibility index (Phi) is 4.14. The Morgan fingerprint density at radius 3 is 2.32 bits per heavy atom. The zero-order valence-corrected chi connectivity index (χ0v) is 16.7. The van der Waals surface area contributed by atoms with Crippen molar-refractivity contribution in [1.29, 1.82) is 0 Å². The molecule has 0 amide bonds. The maximum Gasteiger partial charge on any atom is 0.163 e. The zero-order chi connectivity index (χ0) is 20.2. The number of carbonyl (C=O) groups is 1. The van der Waals surface area contributed by atoms with Crippen molar-refractivity contribution in [2.24, 2.45) is 5.41 Å². The number of fused-ring (bicyclic) bond motifs is 1. The quantitative estimate of drug-likeness (QED) is 0.529. The summed E-state index contributed by atoms with van der Waals surface area (Å²) in [6.45, 7) is 8.35. The van der Waals surface area contributed by atoms with Crippen LogP contribution in [-0.4, -0.2) is 16.0 Å². The highest BCUT2D eigenvalue weighted by atomic mass is 16.3. The van der Waals surface area contributed by atoms with E-state index in [1.54, 1.807) is 6.07 Å². The van der Waals surface area contributed by atoms with Crippen molar-refractivity contribution in [3.63, 3.8) is 0 Å². The molecule has 5 nitrogen and oxygen atoms in total. The van der Waals surface area contributed by atoms with E-state index in [2.05, 4.69) is 50.5 Å². The van der Waals surface area contributed by atoms with Crippen LogP contribution in [0.15, 0.2) is 41.6 Å². The molecule has 2 aromatic rings. The molecule has 0 saturated heterocycles. The highest BCUT2D eigenvalue weighted by molar-refractivity contribution is 6.01. The normalized spacial score (nSPS) is 20.6. The van der Waals surface area contributed by atoms with Gasteiger partial charge in [-0.05, 0) is 66.6 Å². The fourth-order valence-electron chi connectivity index (χ4n) is 4.18. The number of anilines is 2. The van der Waals surface area contributed by atoms with E-state index < -0.39 is 6.04 Å². The second kappa shape index (κ2) is 6.30. The summed E-state index contributed by atoms with van der Waals surface area (Å²) in [5.74, 6) is -0.264. The number of aryl methyl sites for hydroxylation is 2. The second-order valence-electron chi connectivity index (χ2n) is 8.77. The minimum absolute atomic E-state index is 0.102. The molecule has 1 atom stereocenters. The summed E-state index contributed by atoms with van der Waals surface area (Å²) in [4.78, 5) is 13.2. The van der Waals surface area contributed by atoms with Gasteiger partial charge in [0.2, 0.25) is 0 Å². The van der Waals surface area contributed by atoms with Gasteiger partial charge in [-0.25, -0.2) is 0 Å². The fraction of sp³-hybridized carbons (Fsp3) is 0.348. The molecule has 1 aliphatic heterocycles. The van der Waals surface area contributed by atoms with E-state index in [9.17, 15) is 15.0 Å². The van der Waals surface area contributed by atoms with Gasteiger partial charge in [-0.3, -0.25) is 4.79 Å². The Labute approximate surface area is 165 Å². The number of carbonyl (C=O) groups excluding carboxylic acids is 1. The molecule has 146 valence electrons. The number of nitrogens with one attached hydrogen (secondary N) is 2. The van der Waals surface area contributed by atoms with Crippen LogP contribution in [0, 0.1) is 19.3 Å². The van der Waals surface area contributed by atoms with Crippen LogP contribution < -0.4 is 10.6 Å². The van der Waals surface area contributed by atoms with Gasteiger partial charge >= 0.3 is 0 Å². The van der Waals surface area contributed by atoms with Crippen molar-refractivity contribution < 1.29 is 15.0 Å². The summed E-state index contributed by atoms with van der Waals surface area (Å²) in [6.07, 6.45) is 1.24. The highest BCUT2D eigenvalue weighted by Gasteiger charge is 2.38. The lowest BCUT2D eigenvalue weighted by Gasteiger charge is -2.34. The van der Waals surface area contributed by atoms with E-state index in [4.69, 9.17) is 0 Å². The van der Waals surface area contributed by atoms with Gasteiger partial charge < -0.3 is 20.8 Å². The number of allylic oxidation sites excluding steroid dienone is 1.